The first-order chi connectivity index (χ1) is 17.5. The Balaban J connectivity index is 1.24. The zero-order valence-electron chi connectivity index (χ0n) is 20.0. The molecule has 0 aliphatic carbocycles. The molecule has 1 heterocycles. The summed E-state index contributed by atoms with van der Waals surface area (Å²) < 4.78 is 5.80. The third-order valence-electron chi connectivity index (χ3n) is 6.15. The average Bonchev–Trinajstić information content (AvgIpc) is 2.95. The highest BCUT2D eigenvalue weighted by Gasteiger charge is 2.34. The molecule has 1 saturated heterocycles. The van der Waals surface area contributed by atoms with Crippen LogP contribution in [0.5, 0.6) is 5.75 Å². The van der Waals surface area contributed by atoms with E-state index in [1.165, 1.54) is 4.90 Å². The van der Waals surface area contributed by atoms with Crippen molar-refractivity contribution in [2.75, 3.05) is 31.1 Å². The first-order valence-electron chi connectivity index (χ1n) is 12.0. The lowest BCUT2D eigenvalue weighted by Gasteiger charge is -2.37. The molecule has 2 atom stereocenters. The van der Waals surface area contributed by atoms with Crippen LogP contribution < -0.4 is 15.0 Å². The molecule has 3 aromatic carbocycles. The topological polar surface area (TPSA) is 102 Å². The fourth-order valence-electron chi connectivity index (χ4n) is 4.07. The van der Waals surface area contributed by atoms with Crippen molar-refractivity contribution in [3.05, 3.63) is 96.1 Å². The maximum Gasteiger partial charge on any atom is 0.254 e. The Morgan fingerprint density at radius 1 is 0.806 bits per heavy atom. The smallest absolute Gasteiger partial charge is 0.254 e. The molecule has 1 aliphatic heterocycles. The monoisotopic (exact) mass is 489 g/mol. The van der Waals surface area contributed by atoms with Gasteiger partial charge in [-0.05, 0) is 35.4 Å². The largest absolute Gasteiger partial charge is 0.489 e. The molecule has 0 bridgehead atoms. The fourth-order valence-corrected chi connectivity index (χ4v) is 4.07. The number of carbonyl (C=O) groups is 2. The van der Waals surface area contributed by atoms with Crippen LogP contribution in [0.4, 0.5) is 5.69 Å². The Morgan fingerprint density at radius 2 is 1.44 bits per heavy atom. The fraction of sp³-hybridized carbons (Fsp3) is 0.286. The van der Waals surface area contributed by atoms with Crippen molar-refractivity contribution in [2.24, 2.45) is 0 Å². The third kappa shape index (κ3) is 6.62. The molecule has 188 valence electrons. The van der Waals surface area contributed by atoms with E-state index in [4.69, 9.17) is 4.74 Å². The van der Waals surface area contributed by atoms with Gasteiger partial charge in [-0.1, -0.05) is 60.7 Å². The van der Waals surface area contributed by atoms with Gasteiger partial charge in [-0.25, -0.2) is 0 Å². The summed E-state index contributed by atoms with van der Waals surface area (Å²) in [6.07, 6.45) is -3.68. The van der Waals surface area contributed by atoms with Gasteiger partial charge in [0.1, 0.15) is 12.4 Å². The lowest BCUT2D eigenvalue weighted by atomic mass is 10.1. The molecular formula is C28H31N3O5. The first kappa shape index (κ1) is 25.2. The number of piperazine rings is 1. The summed E-state index contributed by atoms with van der Waals surface area (Å²) in [5.41, 5.74) is 2.87. The molecule has 3 aromatic rings. The van der Waals surface area contributed by atoms with Gasteiger partial charge in [0.15, 0.2) is 12.2 Å². The molecule has 8 nitrogen and oxygen atoms in total. The summed E-state index contributed by atoms with van der Waals surface area (Å²) >= 11 is 0. The van der Waals surface area contributed by atoms with Crippen LogP contribution in [0.1, 0.15) is 11.1 Å². The number of carbonyl (C=O) groups excluding carboxylic acids is 2. The predicted molar refractivity (Wildman–Crippen MR) is 136 cm³/mol. The standard InChI is InChI=1S/C28H31N3O5/c32-25(26(33)28(35)31-16-14-30(15-17-31)23-11-5-2-6-12-23)27(34)29-19-22-10-7-13-24(18-22)36-20-21-8-3-1-4-9-21/h1-13,18,25-26,32-33H,14-17,19-20H2,(H,29,34)/t25-,26-/m1/s1. The van der Waals surface area contributed by atoms with E-state index in [1.807, 2.05) is 78.9 Å². The van der Waals surface area contributed by atoms with E-state index in [0.29, 0.717) is 38.5 Å². The van der Waals surface area contributed by atoms with Crippen molar-refractivity contribution < 1.29 is 24.5 Å². The predicted octanol–water partition coefficient (Wildman–Crippen LogP) is 1.95. The maximum atomic E-state index is 12.7. The molecule has 0 unspecified atom stereocenters. The Morgan fingerprint density at radius 3 is 2.14 bits per heavy atom. The van der Waals surface area contributed by atoms with E-state index in [2.05, 4.69) is 10.2 Å². The molecule has 4 rings (SSSR count). The lowest BCUT2D eigenvalue weighted by molar-refractivity contribution is -0.153. The minimum atomic E-state index is -1.86. The number of aliphatic hydroxyl groups excluding tert-OH is 2. The number of benzene rings is 3. The minimum Gasteiger partial charge on any atom is -0.489 e. The zero-order chi connectivity index (χ0) is 25.3. The quantitative estimate of drug-likeness (QED) is 0.425. The number of hydrogen-bond donors (Lipinski definition) is 3. The molecule has 1 aliphatic rings. The highest BCUT2D eigenvalue weighted by atomic mass is 16.5. The maximum absolute atomic E-state index is 12.7. The van der Waals surface area contributed by atoms with Crippen molar-refractivity contribution in [3.63, 3.8) is 0 Å². The van der Waals surface area contributed by atoms with E-state index in [-0.39, 0.29) is 6.54 Å². The number of nitrogens with zero attached hydrogens (tertiary/aromatic N) is 2. The van der Waals surface area contributed by atoms with Crippen LogP contribution in [0, 0.1) is 0 Å². The van der Waals surface area contributed by atoms with Crippen LogP contribution in [0.3, 0.4) is 0 Å². The Bertz CT molecular complexity index is 1130. The molecule has 0 saturated carbocycles. The second-order valence-electron chi connectivity index (χ2n) is 8.68. The van der Waals surface area contributed by atoms with E-state index in [9.17, 15) is 19.8 Å². The number of para-hydroxylation sites is 1. The van der Waals surface area contributed by atoms with Crippen molar-refractivity contribution in [2.45, 2.75) is 25.4 Å². The van der Waals surface area contributed by atoms with Gasteiger partial charge in [-0.3, -0.25) is 9.59 Å². The average molecular weight is 490 g/mol. The van der Waals surface area contributed by atoms with Crippen LogP contribution in [0.25, 0.3) is 0 Å². The first-order valence-corrected chi connectivity index (χ1v) is 12.0. The molecule has 8 heteroatoms. The number of aliphatic hydroxyl groups is 2. The second kappa shape index (κ2) is 12.2. The van der Waals surface area contributed by atoms with Crippen molar-refractivity contribution in [1.82, 2.24) is 10.2 Å². The summed E-state index contributed by atoms with van der Waals surface area (Å²) in [6, 6.07) is 26.9. The molecule has 0 spiro atoms. The van der Waals surface area contributed by atoms with Crippen molar-refractivity contribution in [3.8, 4) is 5.75 Å². The van der Waals surface area contributed by atoms with Gasteiger partial charge < -0.3 is 30.1 Å². The second-order valence-corrected chi connectivity index (χ2v) is 8.68. The highest BCUT2D eigenvalue weighted by molar-refractivity contribution is 5.90. The van der Waals surface area contributed by atoms with Gasteiger partial charge in [-0.2, -0.15) is 0 Å². The number of nitrogens with one attached hydrogen (secondary N) is 1. The SMILES string of the molecule is O=C(NCc1cccc(OCc2ccccc2)c1)[C@H](O)[C@@H](O)C(=O)N1CCN(c2ccccc2)CC1. The summed E-state index contributed by atoms with van der Waals surface area (Å²) in [5.74, 6) is -0.813. The third-order valence-corrected chi connectivity index (χ3v) is 6.15. The van der Waals surface area contributed by atoms with E-state index in [1.54, 1.807) is 6.07 Å². The van der Waals surface area contributed by atoms with Crippen molar-refractivity contribution >= 4 is 17.5 Å². The van der Waals surface area contributed by atoms with Crippen LogP contribution in [-0.2, 0) is 22.7 Å². The summed E-state index contributed by atoms with van der Waals surface area (Å²) in [6.45, 7) is 2.54. The van der Waals surface area contributed by atoms with Crippen molar-refractivity contribution in [1.29, 1.82) is 0 Å². The summed E-state index contributed by atoms with van der Waals surface area (Å²) in [5, 5.41) is 23.3. The molecule has 36 heavy (non-hydrogen) atoms. The van der Waals surface area contributed by atoms with Gasteiger partial charge in [-0.15, -0.1) is 0 Å². The molecule has 3 N–H and O–H groups in total. The van der Waals surface area contributed by atoms with Gasteiger partial charge >= 0.3 is 0 Å². The number of anilines is 1. The molecule has 0 radical (unpaired) electrons. The normalized spacial score (nSPS) is 15.2. The number of ether oxygens (including phenoxy) is 1. The zero-order valence-corrected chi connectivity index (χ0v) is 20.0. The van der Waals surface area contributed by atoms with Gasteiger partial charge in [0.25, 0.3) is 11.8 Å². The molecule has 1 fully saturated rings. The minimum absolute atomic E-state index is 0.120. The van der Waals surface area contributed by atoms with Gasteiger partial charge in [0.2, 0.25) is 0 Å². The Hall–Kier alpha value is -3.88. The number of rotatable bonds is 9. The molecule has 2 amide bonds. The lowest BCUT2D eigenvalue weighted by Crippen LogP contribution is -2.55. The number of amides is 2. The molecule has 0 aromatic heterocycles. The highest BCUT2D eigenvalue weighted by Crippen LogP contribution is 2.17. The Kier molecular flexibility index (Phi) is 8.54. The van der Waals surface area contributed by atoms with Gasteiger partial charge in [0, 0.05) is 38.4 Å². The Labute approximate surface area is 210 Å². The van der Waals surface area contributed by atoms with E-state index >= 15 is 0 Å². The van der Waals surface area contributed by atoms with E-state index < -0.39 is 24.0 Å². The molecular weight excluding hydrogens is 458 g/mol. The van der Waals surface area contributed by atoms with Gasteiger partial charge in [0.05, 0.1) is 0 Å². The summed E-state index contributed by atoms with van der Waals surface area (Å²) in [4.78, 5) is 28.8. The van der Waals surface area contributed by atoms with Crippen LogP contribution >= 0.6 is 0 Å². The van der Waals surface area contributed by atoms with Crippen LogP contribution in [0.15, 0.2) is 84.9 Å². The van der Waals surface area contributed by atoms with Crippen LogP contribution in [-0.4, -0.2) is 65.3 Å². The van der Waals surface area contributed by atoms with E-state index in [0.717, 1.165) is 16.8 Å². The van der Waals surface area contributed by atoms with Crippen LogP contribution in [0.2, 0.25) is 0 Å². The summed E-state index contributed by atoms with van der Waals surface area (Å²) in [7, 11) is 0. The number of hydrogen-bond acceptors (Lipinski definition) is 6.